The maximum absolute atomic E-state index is 14.1. The van der Waals surface area contributed by atoms with Gasteiger partial charge < -0.3 is 4.74 Å². The summed E-state index contributed by atoms with van der Waals surface area (Å²) in [4.78, 5) is 0. The molecule has 0 radical (unpaired) electrons. The van der Waals surface area contributed by atoms with E-state index in [1.807, 2.05) is 0 Å². The lowest BCUT2D eigenvalue weighted by molar-refractivity contribution is -0.223. The van der Waals surface area contributed by atoms with E-state index in [1.165, 1.54) is 19.1 Å². The number of aryl methyl sites for hydroxylation is 1. The van der Waals surface area contributed by atoms with Gasteiger partial charge in [-0.2, -0.15) is 8.78 Å². The van der Waals surface area contributed by atoms with Crippen molar-refractivity contribution >= 4 is 11.6 Å². The second-order valence-corrected chi connectivity index (χ2v) is 6.01. The monoisotopic (exact) mass is 306 g/mol. The van der Waals surface area contributed by atoms with E-state index >= 15 is 0 Å². The Morgan fingerprint density at radius 2 is 1.80 bits per heavy atom. The molecule has 0 unspecified atom stereocenters. The van der Waals surface area contributed by atoms with Gasteiger partial charge in [0.2, 0.25) is 0 Å². The van der Waals surface area contributed by atoms with Gasteiger partial charge in [0.1, 0.15) is 16.6 Å². The highest BCUT2D eigenvalue weighted by Gasteiger charge is 2.44. The number of hydrogen-bond donors (Lipinski definition) is 0. The van der Waals surface area contributed by atoms with Crippen LogP contribution in [-0.4, -0.2) is 6.11 Å². The average Bonchev–Trinajstić information content (AvgIpc) is 2.40. The van der Waals surface area contributed by atoms with Crippen molar-refractivity contribution in [1.82, 2.24) is 0 Å². The van der Waals surface area contributed by atoms with Gasteiger partial charge in [0.15, 0.2) is 0 Å². The molecule has 1 aromatic rings. The van der Waals surface area contributed by atoms with E-state index in [4.69, 9.17) is 16.3 Å². The summed E-state index contributed by atoms with van der Waals surface area (Å²) in [5.74, 6) is -1.36. The Morgan fingerprint density at radius 3 is 2.40 bits per heavy atom. The standard InChI is InChI=1S/C15H18ClF3O/c1-9-3-6-11(7-4-9)15(18,19)20-12-8-5-10(2)14(17)13(12)16/h5,8-9,11H,3-4,6-7H2,1-2H3. The van der Waals surface area contributed by atoms with Crippen molar-refractivity contribution in [3.8, 4) is 5.75 Å². The highest BCUT2D eigenvalue weighted by atomic mass is 35.5. The fraction of sp³-hybridized carbons (Fsp3) is 0.600. The Morgan fingerprint density at radius 1 is 1.20 bits per heavy atom. The van der Waals surface area contributed by atoms with Crippen molar-refractivity contribution in [1.29, 1.82) is 0 Å². The summed E-state index contributed by atoms with van der Waals surface area (Å²) in [7, 11) is 0. The van der Waals surface area contributed by atoms with E-state index in [9.17, 15) is 13.2 Å². The molecule has 2 rings (SSSR count). The van der Waals surface area contributed by atoms with Crippen molar-refractivity contribution in [3.05, 3.63) is 28.5 Å². The molecular weight excluding hydrogens is 289 g/mol. The van der Waals surface area contributed by atoms with Crippen LogP contribution in [0, 0.1) is 24.6 Å². The smallest absolute Gasteiger partial charge is 0.400 e. The summed E-state index contributed by atoms with van der Waals surface area (Å²) in [6.07, 6.45) is -0.953. The summed E-state index contributed by atoms with van der Waals surface area (Å²) in [5, 5.41) is -0.381. The number of hydrogen-bond acceptors (Lipinski definition) is 1. The minimum Gasteiger partial charge on any atom is -0.431 e. The van der Waals surface area contributed by atoms with E-state index in [0.29, 0.717) is 24.3 Å². The third kappa shape index (κ3) is 3.22. The highest BCUT2D eigenvalue weighted by molar-refractivity contribution is 6.32. The zero-order valence-corrected chi connectivity index (χ0v) is 12.3. The summed E-state index contributed by atoms with van der Waals surface area (Å²) in [6, 6.07) is 2.68. The van der Waals surface area contributed by atoms with Crippen LogP contribution in [0.25, 0.3) is 0 Å². The normalized spacial score (nSPS) is 23.7. The van der Waals surface area contributed by atoms with Gasteiger partial charge in [-0.1, -0.05) is 37.4 Å². The second-order valence-electron chi connectivity index (χ2n) is 5.63. The number of benzene rings is 1. The third-order valence-electron chi connectivity index (χ3n) is 3.98. The molecule has 0 amide bonds. The molecule has 0 atom stereocenters. The van der Waals surface area contributed by atoms with Crippen molar-refractivity contribution in [3.63, 3.8) is 0 Å². The molecule has 1 aromatic carbocycles. The van der Waals surface area contributed by atoms with Gasteiger partial charge in [-0.05, 0) is 37.3 Å². The number of halogens is 4. The summed E-state index contributed by atoms with van der Waals surface area (Å²) >= 11 is 5.73. The van der Waals surface area contributed by atoms with Crippen molar-refractivity contribution in [2.24, 2.45) is 11.8 Å². The second kappa shape index (κ2) is 5.84. The quantitative estimate of drug-likeness (QED) is 0.707. The SMILES string of the molecule is Cc1ccc(OC(F)(F)C2CCC(C)CC2)c(Cl)c1F. The Bertz CT molecular complexity index is 482. The molecule has 1 fully saturated rings. The van der Waals surface area contributed by atoms with Crippen LogP contribution < -0.4 is 4.74 Å². The molecule has 0 spiro atoms. The van der Waals surface area contributed by atoms with Crippen LogP contribution in [0.2, 0.25) is 5.02 Å². The van der Waals surface area contributed by atoms with Crippen LogP contribution in [0.4, 0.5) is 13.2 Å². The lowest BCUT2D eigenvalue weighted by Crippen LogP contribution is -2.37. The average molecular weight is 307 g/mol. The van der Waals surface area contributed by atoms with E-state index in [1.54, 1.807) is 0 Å². The Kier molecular flexibility index (Phi) is 4.52. The molecule has 1 nitrogen and oxygen atoms in total. The maximum Gasteiger partial charge on any atom is 0.400 e. The lowest BCUT2D eigenvalue weighted by Gasteiger charge is -2.32. The Labute approximate surface area is 122 Å². The molecule has 0 bridgehead atoms. The van der Waals surface area contributed by atoms with Crippen molar-refractivity contribution < 1.29 is 17.9 Å². The molecule has 5 heteroatoms. The first-order valence-electron chi connectivity index (χ1n) is 6.82. The van der Waals surface area contributed by atoms with Crippen LogP contribution >= 0.6 is 11.6 Å². The molecule has 1 aliphatic carbocycles. The topological polar surface area (TPSA) is 9.23 Å². The van der Waals surface area contributed by atoms with Gasteiger partial charge in [-0.25, -0.2) is 4.39 Å². The van der Waals surface area contributed by atoms with Gasteiger partial charge in [0.05, 0.1) is 5.92 Å². The highest BCUT2D eigenvalue weighted by Crippen LogP contribution is 2.41. The molecule has 0 aromatic heterocycles. The molecule has 0 saturated heterocycles. The van der Waals surface area contributed by atoms with E-state index in [2.05, 4.69) is 6.92 Å². The van der Waals surface area contributed by atoms with Crippen molar-refractivity contribution in [2.75, 3.05) is 0 Å². The van der Waals surface area contributed by atoms with Crippen LogP contribution in [-0.2, 0) is 0 Å². The lowest BCUT2D eigenvalue weighted by atomic mass is 9.82. The summed E-state index contributed by atoms with van der Waals surface area (Å²) in [6.45, 7) is 3.58. The fourth-order valence-electron chi connectivity index (χ4n) is 2.53. The summed E-state index contributed by atoms with van der Waals surface area (Å²) in [5.41, 5.74) is 0.303. The Hall–Kier alpha value is -0.900. The first-order chi connectivity index (χ1) is 9.31. The van der Waals surface area contributed by atoms with Crippen molar-refractivity contribution in [2.45, 2.75) is 45.6 Å². The molecule has 1 saturated carbocycles. The van der Waals surface area contributed by atoms with Gasteiger partial charge in [-0.3, -0.25) is 0 Å². The third-order valence-corrected chi connectivity index (χ3v) is 4.33. The molecule has 20 heavy (non-hydrogen) atoms. The molecule has 0 heterocycles. The predicted octanol–water partition coefficient (Wildman–Crippen LogP) is 5.59. The van der Waals surface area contributed by atoms with Gasteiger partial charge >= 0.3 is 6.11 Å². The van der Waals surface area contributed by atoms with E-state index in [0.717, 1.165) is 12.8 Å². The molecule has 0 N–H and O–H groups in total. The summed E-state index contributed by atoms with van der Waals surface area (Å²) < 4.78 is 46.6. The van der Waals surface area contributed by atoms with E-state index in [-0.39, 0.29) is 10.8 Å². The van der Waals surface area contributed by atoms with Gasteiger partial charge in [0, 0.05) is 0 Å². The number of ether oxygens (including phenoxy) is 1. The molecule has 0 aliphatic heterocycles. The molecule has 112 valence electrons. The zero-order chi connectivity index (χ0) is 14.9. The van der Waals surface area contributed by atoms with Gasteiger partial charge in [0.25, 0.3) is 0 Å². The van der Waals surface area contributed by atoms with Crippen LogP contribution in [0.1, 0.15) is 38.2 Å². The van der Waals surface area contributed by atoms with Crippen LogP contribution in [0.3, 0.4) is 0 Å². The van der Waals surface area contributed by atoms with E-state index < -0.39 is 17.8 Å². The van der Waals surface area contributed by atoms with Gasteiger partial charge in [-0.15, -0.1) is 0 Å². The zero-order valence-electron chi connectivity index (χ0n) is 11.6. The number of rotatable bonds is 3. The molecular formula is C15H18ClF3O. The predicted molar refractivity (Wildman–Crippen MR) is 72.8 cm³/mol. The first kappa shape index (κ1) is 15.5. The number of alkyl halides is 2. The maximum atomic E-state index is 14.1. The molecule has 1 aliphatic rings. The van der Waals surface area contributed by atoms with Crippen LogP contribution in [0.5, 0.6) is 5.75 Å². The minimum absolute atomic E-state index is 0.293. The fourth-order valence-corrected chi connectivity index (χ4v) is 2.78. The first-order valence-corrected chi connectivity index (χ1v) is 7.20. The van der Waals surface area contributed by atoms with Crippen LogP contribution in [0.15, 0.2) is 12.1 Å². The largest absolute Gasteiger partial charge is 0.431 e. The Balaban J connectivity index is 2.14. The minimum atomic E-state index is -3.31.